The third-order valence-corrected chi connectivity index (χ3v) is 4.02. The van der Waals surface area contributed by atoms with Crippen LogP contribution >= 0.6 is 0 Å². The molecule has 1 aliphatic heterocycles. The normalized spacial score (nSPS) is 20.7. The highest BCUT2D eigenvalue weighted by atomic mass is 16.5. The summed E-state index contributed by atoms with van der Waals surface area (Å²) in [5.41, 5.74) is 2.17. The second-order valence-electron chi connectivity index (χ2n) is 5.59. The van der Waals surface area contributed by atoms with Crippen molar-refractivity contribution < 1.29 is 9.53 Å². The van der Waals surface area contributed by atoms with Crippen molar-refractivity contribution in [2.45, 2.75) is 18.9 Å². The number of pyridine rings is 1. The number of hydrogen-bond acceptors (Lipinski definition) is 3. The molecule has 1 aromatic carbocycles. The number of nitrogens with one attached hydrogen (secondary N) is 1. The Bertz CT molecular complexity index is 601. The lowest BCUT2D eigenvalue weighted by Gasteiger charge is -2.19. The van der Waals surface area contributed by atoms with Crippen molar-refractivity contribution in [1.82, 2.24) is 10.3 Å². The van der Waals surface area contributed by atoms with Crippen LogP contribution in [0.5, 0.6) is 0 Å². The Balaban J connectivity index is 1.53. The van der Waals surface area contributed by atoms with Gasteiger partial charge in [-0.3, -0.25) is 9.78 Å². The van der Waals surface area contributed by atoms with Crippen molar-refractivity contribution in [3.63, 3.8) is 0 Å². The van der Waals surface area contributed by atoms with Crippen molar-refractivity contribution in [1.29, 1.82) is 0 Å². The molecule has 0 bridgehead atoms. The Kier molecular flexibility index (Phi) is 4.81. The van der Waals surface area contributed by atoms with E-state index in [4.69, 9.17) is 4.74 Å². The van der Waals surface area contributed by atoms with E-state index in [1.807, 2.05) is 30.3 Å². The molecular formula is C18H20N2O2. The summed E-state index contributed by atoms with van der Waals surface area (Å²) in [6.07, 6.45) is 4.88. The fraction of sp³-hybridized carbons (Fsp3) is 0.333. The highest BCUT2D eigenvalue weighted by Crippen LogP contribution is 2.33. The molecule has 4 heteroatoms. The Morgan fingerprint density at radius 3 is 2.73 bits per heavy atom. The zero-order chi connectivity index (χ0) is 15.2. The first kappa shape index (κ1) is 14.7. The Morgan fingerprint density at radius 1 is 1.18 bits per heavy atom. The van der Waals surface area contributed by atoms with Gasteiger partial charge >= 0.3 is 0 Å². The van der Waals surface area contributed by atoms with Crippen LogP contribution in [0.25, 0.3) is 0 Å². The molecule has 114 valence electrons. The molecule has 1 fully saturated rings. The first-order valence-electron chi connectivity index (χ1n) is 7.65. The van der Waals surface area contributed by atoms with Crippen LogP contribution in [-0.2, 0) is 16.0 Å². The van der Waals surface area contributed by atoms with Gasteiger partial charge in [-0.1, -0.05) is 30.3 Å². The van der Waals surface area contributed by atoms with Crippen LogP contribution < -0.4 is 5.32 Å². The molecule has 22 heavy (non-hydrogen) atoms. The predicted molar refractivity (Wildman–Crippen MR) is 84.2 cm³/mol. The second-order valence-corrected chi connectivity index (χ2v) is 5.59. The van der Waals surface area contributed by atoms with E-state index < -0.39 is 0 Å². The highest BCUT2D eigenvalue weighted by Gasteiger charge is 2.29. The quantitative estimate of drug-likeness (QED) is 0.922. The zero-order valence-electron chi connectivity index (χ0n) is 12.4. The second kappa shape index (κ2) is 7.18. The van der Waals surface area contributed by atoms with Crippen molar-refractivity contribution >= 4 is 5.91 Å². The molecule has 4 nitrogen and oxygen atoms in total. The number of nitrogens with zero attached hydrogens (tertiary/aromatic N) is 1. The van der Waals surface area contributed by atoms with E-state index in [0.717, 1.165) is 18.6 Å². The third kappa shape index (κ3) is 3.71. The van der Waals surface area contributed by atoms with E-state index in [9.17, 15) is 4.79 Å². The minimum absolute atomic E-state index is 0.0462. The van der Waals surface area contributed by atoms with E-state index in [2.05, 4.69) is 22.4 Å². The van der Waals surface area contributed by atoms with E-state index >= 15 is 0 Å². The lowest BCUT2D eigenvalue weighted by Crippen LogP contribution is -2.31. The minimum Gasteiger partial charge on any atom is -0.373 e. The van der Waals surface area contributed by atoms with Crippen molar-refractivity contribution in [3.8, 4) is 0 Å². The molecule has 2 aromatic rings. The molecule has 1 aliphatic rings. The van der Waals surface area contributed by atoms with Crippen LogP contribution in [0.1, 0.15) is 23.7 Å². The molecule has 0 saturated carbocycles. The maximum absolute atomic E-state index is 12.0. The summed E-state index contributed by atoms with van der Waals surface area (Å²) in [5.74, 6) is 0.383. The summed E-state index contributed by atoms with van der Waals surface area (Å²) in [6, 6.07) is 14.0. The lowest BCUT2D eigenvalue weighted by molar-refractivity contribution is -0.120. The van der Waals surface area contributed by atoms with Gasteiger partial charge in [-0.15, -0.1) is 0 Å². The summed E-state index contributed by atoms with van der Waals surface area (Å²) < 4.78 is 5.84. The van der Waals surface area contributed by atoms with Crippen LogP contribution in [0.15, 0.2) is 54.9 Å². The van der Waals surface area contributed by atoms with Gasteiger partial charge in [0.15, 0.2) is 0 Å². The van der Waals surface area contributed by atoms with E-state index in [1.54, 1.807) is 12.4 Å². The number of amides is 1. The number of hydrogen-bond donors (Lipinski definition) is 1. The topological polar surface area (TPSA) is 51.2 Å². The smallest absolute Gasteiger partial charge is 0.224 e. The molecule has 1 saturated heterocycles. The van der Waals surface area contributed by atoms with Crippen molar-refractivity contribution in [2.75, 3.05) is 13.2 Å². The van der Waals surface area contributed by atoms with Gasteiger partial charge in [0.1, 0.15) is 0 Å². The number of aromatic nitrogens is 1. The molecule has 3 rings (SSSR count). The number of carbonyl (C=O) groups excluding carboxylic acids is 1. The standard InChI is InChI=1S/C18H20N2O2/c21-17(12-14-6-9-19-10-7-14)20-13-16-8-11-22-18(16)15-4-2-1-3-5-15/h1-7,9-10,16,18H,8,11-13H2,(H,20,21)/t16-,18-/m1/s1. The van der Waals surface area contributed by atoms with Gasteiger partial charge in [-0.2, -0.15) is 0 Å². The molecule has 0 radical (unpaired) electrons. The number of carbonyl (C=O) groups is 1. The van der Waals surface area contributed by atoms with Crippen LogP contribution in [0.2, 0.25) is 0 Å². The molecule has 1 amide bonds. The van der Waals surface area contributed by atoms with Gasteiger partial charge in [0.2, 0.25) is 5.91 Å². The average Bonchev–Trinajstić information content (AvgIpc) is 3.03. The molecule has 2 heterocycles. The lowest BCUT2D eigenvalue weighted by atomic mass is 9.95. The maximum atomic E-state index is 12.0. The number of benzene rings is 1. The molecule has 2 atom stereocenters. The summed E-state index contributed by atoms with van der Waals surface area (Å²) >= 11 is 0. The Labute approximate surface area is 130 Å². The van der Waals surface area contributed by atoms with Crippen LogP contribution in [0, 0.1) is 5.92 Å². The van der Waals surface area contributed by atoms with Gasteiger partial charge in [0.05, 0.1) is 12.5 Å². The van der Waals surface area contributed by atoms with Crippen LogP contribution in [0.4, 0.5) is 0 Å². The van der Waals surface area contributed by atoms with Crippen molar-refractivity contribution in [3.05, 3.63) is 66.0 Å². The van der Waals surface area contributed by atoms with Gasteiger partial charge in [-0.05, 0) is 29.7 Å². The Hall–Kier alpha value is -2.20. The fourth-order valence-corrected chi connectivity index (χ4v) is 2.85. The minimum atomic E-state index is 0.0462. The van der Waals surface area contributed by atoms with Crippen molar-refractivity contribution in [2.24, 2.45) is 5.92 Å². The zero-order valence-corrected chi connectivity index (χ0v) is 12.4. The fourth-order valence-electron chi connectivity index (χ4n) is 2.85. The molecule has 0 spiro atoms. The molecule has 0 aliphatic carbocycles. The van der Waals surface area contributed by atoms with Crippen LogP contribution in [-0.4, -0.2) is 24.0 Å². The number of ether oxygens (including phenoxy) is 1. The van der Waals surface area contributed by atoms with Gasteiger partial charge in [0, 0.05) is 31.5 Å². The largest absolute Gasteiger partial charge is 0.373 e. The maximum Gasteiger partial charge on any atom is 0.224 e. The summed E-state index contributed by atoms with van der Waals surface area (Å²) in [5, 5.41) is 3.03. The van der Waals surface area contributed by atoms with Gasteiger partial charge in [0.25, 0.3) is 0 Å². The summed E-state index contributed by atoms with van der Waals surface area (Å²) in [6.45, 7) is 1.41. The molecule has 1 aromatic heterocycles. The first-order valence-corrected chi connectivity index (χ1v) is 7.65. The first-order chi connectivity index (χ1) is 10.8. The summed E-state index contributed by atoms with van der Waals surface area (Å²) in [7, 11) is 0. The monoisotopic (exact) mass is 296 g/mol. The molecule has 1 N–H and O–H groups in total. The Morgan fingerprint density at radius 2 is 1.95 bits per heavy atom. The third-order valence-electron chi connectivity index (χ3n) is 4.02. The van der Waals surface area contributed by atoms with Crippen LogP contribution in [0.3, 0.4) is 0 Å². The average molecular weight is 296 g/mol. The predicted octanol–water partition coefficient (Wildman–Crippen LogP) is 2.52. The van der Waals surface area contributed by atoms with Gasteiger partial charge in [-0.25, -0.2) is 0 Å². The van der Waals surface area contributed by atoms with E-state index in [-0.39, 0.29) is 12.0 Å². The van der Waals surface area contributed by atoms with E-state index in [0.29, 0.717) is 18.9 Å². The number of rotatable bonds is 5. The summed E-state index contributed by atoms with van der Waals surface area (Å²) in [4.78, 5) is 16.0. The molecule has 0 unspecified atom stereocenters. The highest BCUT2D eigenvalue weighted by molar-refractivity contribution is 5.78. The van der Waals surface area contributed by atoms with Gasteiger partial charge < -0.3 is 10.1 Å². The SMILES string of the molecule is O=C(Cc1ccncc1)NC[C@H]1CCO[C@@H]1c1ccccc1. The van der Waals surface area contributed by atoms with E-state index in [1.165, 1.54) is 5.56 Å². The molecular weight excluding hydrogens is 276 g/mol.